The summed E-state index contributed by atoms with van der Waals surface area (Å²) in [6, 6.07) is 11.3. The van der Waals surface area contributed by atoms with Crippen LogP contribution in [0.5, 0.6) is 0 Å². The van der Waals surface area contributed by atoms with Gasteiger partial charge in [-0.3, -0.25) is 18.2 Å². The summed E-state index contributed by atoms with van der Waals surface area (Å²) in [7, 11) is -2.06. The number of fused-ring (bicyclic) bond motifs is 1. The number of aromatic nitrogens is 1. The first-order valence-corrected chi connectivity index (χ1v) is 8.20. The average molecular weight is 399 g/mol. The zero-order valence-electron chi connectivity index (χ0n) is 12.9. The second-order valence-electron chi connectivity index (χ2n) is 4.88. The molecule has 0 fully saturated rings. The number of aliphatic hydroxyl groups excluding tert-OH is 1. The van der Waals surface area contributed by atoms with Gasteiger partial charge in [-0.15, -0.1) is 0 Å². The van der Waals surface area contributed by atoms with E-state index in [-0.39, 0.29) is 41.4 Å². The average Bonchev–Trinajstić information content (AvgIpc) is 2.54. The molecule has 2 heterocycles. The van der Waals surface area contributed by atoms with Gasteiger partial charge in [0.15, 0.2) is 11.5 Å². The first-order valence-electron chi connectivity index (χ1n) is 6.70. The molecule has 0 unspecified atom stereocenters. The van der Waals surface area contributed by atoms with Gasteiger partial charge >= 0.3 is 0 Å². The second kappa shape index (κ2) is 6.90. The quantitative estimate of drug-likeness (QED) is 0.580. The summed E-state index contributed by atoms with van der Waals surface area (Å²) in [6.45, 7) is 0. The van der Waals surface area contributed by atoms with E-state index in [1.54, 1.807) is 30.3 Å². The van der Waals surface area contributed by atoms with Gasteiger partial charge in [0.1, 0.15) is 5.82 Å². The Morgan fingerprint density at radius 2 is 1.83 bits per heavy atom. The van der Waals surface area contributed by atoms with Crippen LogP contribution in [0.4, 0.5) is 5.82 Å². The number of likely N-dealkylation sites (N-methyl/N-ethyl adjacent to an activating group) is 1. The summed E-state index contributed by atoms with van der Waals surface area (Å²) in [5.41, 5.74) is -0.00822. The summed E-state index contributed by atoms with van der Waals surface area (Å²) in [5, 5.41) is 12.9. The molecule has 122 valence electrons. The Balaban J connectivity index is 0.00000208. The standard InChI is InChI=1S/C15H15N3O4S.Zn/c1-18-13(15(20)17-12-8-4-5-9-16-12)14(19)10-6-2-3-7-11(10)23(18,21)22;/h2-9,19,21-22H,1H3,(H,16,17,20);. The van der Waals surface area contributed by atoms with Crippen molar-refractivity contribution in [2.75, 3.05) is 12.4 Å². The minimum absolute atomic E-state index is 0. The van der Waals surface area contributed by atoms with E-state index < -0.39 is 16.7 Å². The molecule has 0 aliphatic carbocycles. The summed E-state index contributed by atoms with van der Waals surface area (Å²) < 4.78 is 21.8. The largest absolute Gasteiger partial charge is 0.505 e. The molecule has 9 heteroatoms. The molecule has 0 saturated carbocycles. The molecule has 1 aliphatic rings. The van der Waals surface area contributed by atoms with Crippen LogP contribution in [0.2, 0.25) is 0 Å². The minimum atomic E-state index is -3.41. The Kier molecular flexibility index (Phi) is 5.30. The fourth-order valence-corrected chi connectivity index (χ4v) is 3.76. The first kappa shape index (κ1) is 18.4. The molecule has 1 amide bonds. The molecule has 7 nitrogen and oxygen atoms in total. The van der Waals surface area contributed by atoms with Crippen molar-refractivity contribution in [2.24, 2.45) is 0 Å². The molecule has 1 aromatic heterocycles. The predicted octanol–water partition coefficient (Wildman–Crippen LogP) is 2.91. The van der Waals surface area contributed by atoms with Gasteiger partial charge in [0.2, 0.25) is 0 Å². The van der Waals surface area contributed by atoms with Crippen molar-refractivity contribution in [1.29, 1.82) is 0 Å². The number of benzene rings is 1. The van der Waals surface area contributed by atoms with E-state index in [0.717, 1.165) is 4.31 Å². The third-order valence-corrected chi connectivity index (χ3v) is 5.37. The zero-order valence-corrected chi connectivity index (χ0v) is 16.7. The molecule has 0 atom stereocenters. The molecule has 1 aromatic carbocycles. The topological polar surface area (TPSA) is 106 Å². The van der Waals surface area contributed by atoms with Crippen molar-refractivity contribution in [3.63, 3.8) is 0 Å². The Hall–Kier alpha value is -1.93. The van der Waals surface area contributed by atoms with Crippen LogP contribution in [-0.2, 0) is 24.3 Å². The second-order valence-corrected chi connectivity index (χ2v) is 6.90. The smallest absolute Gasteiger partial charge is 0.278 e. The Morgan fingerprint density at radius 3 is 2.50 bits per heavy atom. The van der Waals surface area contributed by atoms with E-state index >= 15 is 0 Å². The van der Waals surface area contributed by atoms with Crippen LogP contribution in [-0.4, -0.2) is 36.5 Å². The van der Waals surface area contributed by atoms with Gasteiger partial charge in [-0.1, -0.05) is 29.0 Å². The van der Waals surface area contributed by atoms with Gasteiger partial charge in [-0.25, -0.2) is 4.98 Å². The Labute approximate surface area is 153 Å². The number of pyridine rings is 1. The molecule has 0 bridgehead atoms. The van der Waals surface area contributed by atoms with E-state index in [1.807, 2.05) is 0 Å². The maximum Gasteiger partial charge on any atom is 0.278 e. The molecular formula is C15H15N3O4SZn. The SMILES string of the molecule is CN1C(C(=O)Nc2ccccn2)=C(O)c2ccccc2S1(O)O.[Zn]. The van der Waals surface area contributed by atoms with Crippen molar-refractivity contribution in [3.8, 4) is 0 Å². The number of nitrogens with zero attached hydrogens (tertiary/aromatic N) is 2. The summed E-state index contributed by atoms with van der Waals surface area (Å²) in [5.74, 6) is -0.706. The number of amides is 1. The molecule has 0 radical (unpaired) electrons. The fraction of sp³-hybridized carbons (Fsp3) is 0.0667. The molecular weight excluding hydrogens is 384 g/mol. The van der Waals surface area contributed by atoms with Crippen LogP contribution in [0.3, 0.4) is 0 Å². The summed E-state index contributed by atoms with van der Waals surface area (Å²) in [6.07, 6.45) is 1.51. The van der Waals surface area contributed by atoms with Gasteiger partial charge in [0.25, 0.3) is 5.91 Å². The van der Waals surface area contributed by atoms with Crippen LogP contribution in [0, 0.1) is 0 Å². The van der Waals surface area contributed by atoms with Crippen LogP contribution in [0.25, 0.3) is 5.76 Å². The van der Waals surface area contributed by atoms with Crippen molar-refractivity contribution in [3.05, 3.63) is 59.9 Å². The number of nitrogens with one attached hydrogen (secondary N) is 1. The number of hydrogen-bond acceptors (Lipinski definition) is 6. The Bertz CT molecular complexity index is 798. The van der Waals surface area contributed by atoms with E-state index in [9.17, 15) is 19.0 Å². The molecule has 4 N–H and O–H groups in total. The number of carbonyl (C=O) groups is 1. The summed E-state index contributed by atoms with van der Waals surface area (Å²) >= 11 is 0. The third kappa shape index (κ3) is 3.03. The van der Waals surface area contributed by atoms with E-state index in [4.69, 9.17) is 0 Å². The van der Waals surface area contributed by atoms with Gasteiger partial charge in [-0.2, -0.15) is 0 Å². The number of rotatable bonds is 2. The fourth-order valence-electron chi connectivity index (χ4n) is 2.32. The number of carbonyl (C=O) groups excluding carboxylic acids is 1. The maximum absolute atomic E-state index is 12.5. The van der Waals surface area contributed by atoms with Gasteiger partial charge in [-0.05, 0) is 24.3 Å². The number of hydrogen-bond donors (Lipinski definition) is 4. The Morgan fingerprint density at radius 1 is 1.17 bits per heavy atom. The van der Waals surface area contributed by atoms with E-state index in [1.165, 1.54) is 25.4 Å². The molecule has 24 heavy (non-hydrogen) atoms. The molecule has 2 aromatic rings. The van der Waals surface area contributed by atoms with E-state index in [0.29, 0.717) is 5.82 Å². The van der Waals surface area contributed by atoms with Crippen molar-refractivity contribution < 1.29 is 38.5 Å². The minimum Gasteiger partial charge on any atom is -0.505 e. The van der Waals surface area contributed by atoms with Crippen LogP contribution in [0.1, 0.15) is 5.56 Å². The third-order valence-electron chi connectivity index (χ3n) is 3.48. The normalized spacial score (nSPS) is 16.7. The zero-order chi connectivity index (χ0) is 16.6. The molecule has 0 saturated heterocycles. The van der Waals surface area contributed by atoms with Crippen LogP contribution in [0.15, 0.2) is 59.3 Å². The molecule has 0 spiro atoms. The first-order chi connectivity index (χ1) is 10.9. The van der Waals surface area contributed by atoms with Crippen LogP contribution >= 0.6 is 10.8 Å². The van der Waals surface area contributed by atoms with Crippen molar-refractivity contribution in [2.45, 2.75) is 4.90 Å². The van der Waals surface area contributed by atoms with Gasteiger partial charge in [0.05, 0.1) is 4.90 Å². The van der Waals surface area contributed by atoms with Crippen LogP contribution < -0.4 is 5.32 Å². The number of anilines is 1. The maximum atomic E-state index is 12.5. The van der Waals surface area contributed by atoms with Gasteiger partial charge < -0.3 is 10.4 Å². The van der Waals surface area contributed by atoms with E-state index in [2.05, 4.69) is 10.3 Å². The number of aliphatic hydroxyl groups is 1. The molecule has 1 aliphatic heterocycles. The molecule has 3 rings (SSSR count). The van der Waals surface area contributed by atoms with Crippen molar-refractivity contribution >= 4 is 28.3 Å². The van der Waals surface area contributed by atoms with Crippen molar-refractivity contribution in [1.82, 2.24) is 9.29 Å². The van der Waals surface area contributed by atoms with Gasteiger partial charge in [0, 0.05) is 38.3 Å². The monoisotopic (exact) mass is 397 g/mol. The summed E-state index contributed by atoms with van der Waals surface area (Å²) in [4.78, 5) is 16.6. The predicted molar refractivity (Wildman–Crippen MR) is 87.7 cm³/mol.